The second kappa shape index (κ2) is 13.2. The molecular weight excluding hydrogens is 628 g/mol. The Balaban J connectivity index is 1.60. The van der Waals surface area contributed by atoms with Gasteiger partial charge in [-0.3, -0.25) is 14.7 Å². The molecule has 5 rings (SSSR count). The van der Waals surface area contributed by atoms with Crippen molar-refractivity contribution in [1.29, 1.82) is 0 Å². The number of nitrogens with one attached hydrogen (secondary N) is 1. The van der Waals surface area contributed by atoms with E-state index >= 15 is 0 Å². The maximum Gasteiger partial charge on any atom is 0.416 e. The predicted octanol–water partition coefficient (Wildman–Crippen LogP) is 7.06. The zero-order chi connectivity index (χ0) is 32.2. The second-order valence-corrected chi connectivity index (χ2v) is 12.8. The van der Waals surface area contributed by atoms with Crippen molar-refractivity contribution in [3.63, 3.8) is 0 Å². The van der Waals surface area contributed by atoms with E-state index in [-0.39, 0.29) is 17.9 Å². The van der Waals surface area contributed by atoms with Crippen LogP contribution in [0.4, 0.5) is 18.9 Å². The van der Waals surface area contributed by atoms with Crippen LogP contribution in [0.1, 0.15) is 34.1 Å². The Labute approximate surface area is 261 Å². The minimum absolute atomic E-state index is 0.0761. The highest BCUT2D eigenvalue weighted by molar-refractivity contribution is 7.98. The third-order valence-corrected chi connectivity index (χ3v) is 9.26. The molecule has 4 aromatic carbocycles. The number of benzene rings is 4. The maximum atomic E-state index is 13.6. The number of sulfonamides is 1. The lowest BCUT2D eigenvalue weighted by atomic mass is 10.1. The van der Waals surface area contributed by atoms with Gasteiger partial charge >= 0.3 is 6.18 Å². The van der Waals surface area contributed by atoms with Crippen molar-refractivity contribution in [3.8, 4) is 5.69 Å². The molecule has 0 radical (unpaired) electrons. The fraction of sp³-hybridized carbons (Fsp3) is 0.161. The summed E-state index contributed by atoms with van der Waals surface area (Å²) in [7, 11) is -4.51. The first-order valence-corrected chi connectivity index (χ1v) is 16.0. The molecule has 0 saturated heterocycles. The van der Waals surface area contributed by atoms with E-state index in [1.54, 1.807) is 34.9 Å². The summed E-state index contributed by atoms with van der Waals surface area (Å²) >= 11 is 1.33. The molecule has 14 heteroatoms. The molecule has 5 aromatic rings. The number of alkyl halides is 3. The Morgan fingerprint density at radius 3 is 2.27 bits per heavy atom. The van der Waals surface area contributed by atoms with Gasteiger partial charge in [0.2, 0.25) is 10.0 Å². The van der Waals surface area contributed by atoms with Crippen molar-refractivity contribution in [3.05, 3.63) is 141 Å². The Morgan fingerprint density at radius 2 is 1.60 bits per heavy atom. The van der Waals surface area contributed by atoms with Gasteiger partial charge in [0.15, 0.2) is 11.0 Å². The molecule has 45 heavy (non-hydrogen) atoms. The Kier molecular flexibility index (Phi) is 9.37. The van der Waals surface area contributed by atoms with Gasteiger partial charge in [0.1, 0.15) is 0 Å². The van der Waals surface area contributed by atoms with E-state index in [9.17, 15) is 31.7 Å². The van der Waals surface area contributed by atoms with Crippen LogP contribution < -0.4 is 4.72 Å². The molecule has 1 atom stereocenters. The highest BCUT2D eigenvalue weighted by Crippen LogP contribution is 2.33. The maximum absolute atomic E-state index is 13.6. The van der Waals surface area contributed by atoms with Gasteiger partial charge in [-0.15, -0.1) is 10.2 Å². The summed E-state index contributed by atoms with van der Waals surface area (Å²) in [5, 5.41) is 20.4. The van der Waals surface area contributed by atoms with Crippen LogP contribution in [0.2, 0.25) is 0 Å². The lowest BCUT2D eigenvalue weighted by molar-refractivity contribution is -0.384. The fourth-order valence-corrected chi connectivity index (χ4v) is 6.79. The molecule has 0 fully saturated rings. The van der Waals surface area contributed by atoms with Crippen molar-refractivity contribution >= 4 is 27.5 Å². The third-order valence-electron chi connectivity index (χ3n) is 6.79. The summed E-state index contributed by atoms with van der Waals surface area (Å²) in [6.07, 6.45) is -4.67. The average Bonchev–Trinajstić information content (AvgIpc) is 3.44. The molecule has 1 aromatic heterocycles. The smallest absolute Gasteiger partial charge is 0.273 e. The lowest BCUT2D eigenvalue weighted by Crippen LogP contribution is -2.32. The molecule has 232 valence electrons. The number of nitro groups is 1. The van der Waals surface area contributed by atoms with Crippen molar-refractivity contribution in [2.75, 3.05) is 0 Å². The van der Waals surface area contributed by atoms with Gasteiger partial charge in [0.25, 0.3) is 5.69 Å². The standard InChI is InChI=1S/C31H26F3N5O4S2/c1-21-7-5-10-23(17-21)20-44-30-36-35-29(38(30)25-13-15-26(16-14-25)39(40)41)28(18-22-8-3-2-4-9-22)37-45(42,43)27-12-6-11-24(19-27)31(32,33)34/h2-17,19,28,37H,18,20H2,1H3. The first kappa shape index (κ1) is 31.9. The zero-order valence-electron chi connectivity index (χ0n) is 23.7. The van der Waals surface area contributed by atoms with E-state index in [4.69, 9.17) is 0 Å². The molecule has 1 unspecified atom stereocenters. The normalized spacial score (nSPS) is 12.6. The minimum atomic E-state index is -4.74. The number of non-ortho nitro benzene ring substituents is 1. The van der Waals surface area contributed by atoms with Gasteiger partial charge < -0.3 is 0 Å². The highest BCUT2D eigenvalue weighted by atomic mass is 32.2. The Hall–Kier alpha value is -4.53. The molecule has 0 bridgehead atoms. The summed E-state index contributed by atoms with van der Waals surface area (Å²) in [6.45, 7) is 1.97. The minimum Gasteiger partial charge on any atom is -0.273 e. The van der Waals surface area contributed by atoms with Crippen LogP contribution in [0.15, 0.2) is 113 Å². The van der Waals surface area contributed by atoms with Crippen molar-refractivity contribution in [2.24, 2.45) is 0 Å². The first-order valence-electron chi connectivity index (χ1n) is 13.5. The zero-order valence-corrected chi connectivity index (χ0v) is 25.3. The number of thioether (sulfide) groups is 1. The van der Waals surface area contributed by atoms with Crippen LogP contribution in [0.5, 0.6) is 0 Å². The summed E-state index contributed by atoms with van der Waals surface area (Å²) in [4.78, 5) is 10.2. The molecule has 0 aliphatic heterocycles. The quantitative estimate of drug-likeness (QED) is 0.0921. The average molecular weight is 654 g/mol. The predicted molar refractivity (Wildman–Crippen MR) is 163 cm³/mol. The first-order chi connectivity index (χ1) is 21.4. The number of hydrogen-bond donors (Lipinski definition) is 1. The van der Waals surface area contributed by atoms with Crippen LogP contribution in [0.3, 0.4) is 0 Å². The molecule has 0 amide bonds. The van der Waals surface area contributed by atoms with E-state index in [2.05, 4.69) is 14.9 Å². The van der Waals surface area contributed by atoms with Crippen LogP contribution in [0, 0.1) is 17.0 Å². The number of aryl methyl sites for hydroxylation is 1. The molecule has 0 aliphatic carbocycles. The van der Waals surface area contributed by atoms with E-state index in [1.807, 2.05) is 31.2 Å². The van der Waals surface area contributed by atoms with Gasteiger partial charge in [-0.25, -0.2) is 13.1 Å². The summed E-state index contributed by atoms with van der Waals surface area (Å²) < 4.78 is 71.6. The van der Waals surface area contributed by atoms with Crippen molar-refractivity contribution < 1.29 is 26.5 Å². The molecular formula is C31H26F3N5O4S2. The number of nitrogens with zero attached hydrogens (tertiary/aromatic N) is 4. The Morgan fingerprint density at radius 1 is 0.911 bits per heavy atom. The van der Waals surface area contributed by atoms with Crippen LogP contribution >= 0.6 is 11.8 Å². The summed E-state index contributed by atoms with van der Waals surface area (Å²) in [5.41, 5.74) is 1.98. The largest absolute Gasteiger partial charge is 0.416 e. The van der Waals surface area contributed by atoms with E-state index in [1.165, 1.54) is 36.0 Å². The molecule has 0 saturated carbocycles. The Bertz CT molecular complexity index is 1920. The number of nitro benzene ring substituents is 1. The number of aromatic nitrogens is 3. The summed E-state index contributed by atoms with van der Waals surface area (Å²) in [6, 6.07) is 24.8. The number of halogens is 3. The van der Waals surface area contributed by atoms with Gasteiger partial charge in [-0.2, -0.15) is 13.2 Å². The van der Waals surface area contributed by atoms with E-state index in [0.717, 1.165) is 34.9 Å². The van der Waals surface area contributed by atoms with Gasteiger partial charge in [0, 0.05) is 23.6 Å². The molecule has 1 N–H and O–H groups in total. The topological polar surface area (TPSA) is 120 Å². The SMILES string of the molecule is Cc1cccc(CSc2nnc(C(Cc3ccccc3)NS(=O)(=O)c3cccc(C(F)(F)F)c3)n2-c2ccc([N+](=O)[O-])cc2)c1. The van der Waals surface area contributed by atoms with Gasteiger partial charge in [0.05, 0.1) is 21.4 Å². The lowest BCUT2D eigenvalue weighted by Gasteiger charge is -2.20. The number of rotatable bonds is 11. The monoisotopic (exact) mass is 653 g/mol. The molecule has 0 spiro atoms. The molecule has 1 heterocycles. The van der Waals surface area contributed by atoms with E-state index in [0.29, 0.717) is 22.7 Å². The van der Waals surface area contributed by atoms with Gasteiger partial charge in [-0.1, -0.05) is 78.0 Å². The molecule has 9 nitrogen and oxygen atoms in total. The summed E-state index contributed by atoms with van der Waals surface area (Å²) in [5.74, 6) is 0.640. The van der Waals surface area contributed by atoms with Crippen LogP contribution in [-0.4, -0.2) is 28.1 Å². The second-order valence-electron chi connectivity index (χ2n) is 10.1. The van der Waals surface area contributed by atoms with Crippen molar-refractivity contribution in [2.45, 2.75) is 41.4 Å². The van der Waals surface area contributed by atoms with Crippen molar-refractivity contribution in [1.82, 2.24) is 19.5 Å². The van der Waals surface area contributed by atoms with E-state index < -0.39 is 37.6 Å². The van der Waals surface area contributed by atoms with Gasteiger partial charge in [-0.05, 0) is 54.8 Å². The van der Waals surface area contributed by atoms with Crippen LogP contribution in [0.25, 0.3) is 5.69 Å². The fourth-order valence-electron chi connectivity index (χ4n) is 4.65. The third kappa shape index (κ3) is 7.77. The van der Waals surface area contributed by atoms with Crippen LogP contribution in [-0.2, 0) is 28.4 Å². The molecule has 0 aliphatic rings. The highest BCUT2D eigenvalue weighted by Gasteiger charge is 2.33. The number of hydrogen-bond acceptors (Lipinski definition) is 7.